The third kappa shape index (κ3) is 3.32. The summed E-state index contributed by atoms with van der Waals surface area (Å²) in [6.07, 6.45) is 2.52. The maximum absolute atomic E-state index is 5.61. The largest absolute Gasteiger partial charge is 0.370 e. The van der Waals surface area contributed by atoms with E-state index in [2.05, 4.69) is 27.1 Å². The van der Waals surface area contributed by atoms with Gasteiger partial charge in [-0.3, -0.25) is 0 Å². The Morgan fingerprint density at radius 2 is 2.11 bits per heavy atom. The van der Waals surface area contributed by atoms with E-state index in [-0.39, 0.29) is 0 Å². The molecule has 1 aromatic rings. The summed E-state index contributed by atoms with van der Waals surface area (Å²) in [6.45, 7) is 7.83. The zero-order chi connectivity index (χ0) is 13.0. The van der Waals surface area contributed by atoms with Gasteiger partial charge in [-0.25, -0.2) is 9.97 Å². The molecule has 0 aromatic carbocycles. The molecule has 0 amide bonds. The lowest BCUT2D eigenvalue weighted by Gasteiger charge is -2.18. The molecule has 1 saturated heterocycles. The molecule has 0 radical (unpaired) electrons. The van der Waals surface area contributed by atoms with Gasteiger partial charge >= 0.3 is 0 Å². The van der Waals surface area contributed by atoms with Gasteiger partial charge in [0, 0.05) is 25.7 Å². The van der Waals surface area contributed by atoms with Crippen LogP contribution in [0.5, 0.6) is 0 Å². The maximum atomic E-state index is 5.61. The van der Waals surface area contributed by atoms with Gasteiger partial charge in [0.15, 0.2) is 0 Å². The normalized spacial score (nSPS) is 16.9. The number of aryl methyl sites for hydroxylation is 1. The molecule has 2 heterocycles. The molecular formula is C13H23N5. The standard InChI is InChI=1S/C13H23N5/c1-10(8-14)9-15-12-7-13(17-11(2)16-12)18-5-3-4-6-18/h7,10H,3-6,8-9,14H2,1-2H3,(H,15,16,17). The van der Waals surface area contributed by atoms with E-state index in [1.54, 1.807) is 0 Å². The third-order valence-corrected chi connectivity index (χ3v) is 3.29. The lowest BCUT2D eigenvalue weighted by atomic mass is 10.2. The minimum Gasteiger partial charge on any atom is -0.370 e. The molecule has 0 spiro atoms. The number of aromatic nitrogens is 2. The number of anilines is 2. The average molecular weight is 249 g/mol. The average Bonchev–Trinajstić information content (AvgIpc) is 2.89. The Bertz CT molecular complexity index is 387. The fourth-order valence-electron chi connectivity index (χ4n) is 2.11. The number of hydrogen-bond acceptors (Lipinski definition) is 5. The molecule has 0 aliphatic carbocycles. The van der Waals surface area contributed by atoms with Crippen molar-refractivity contribution in [2.75, 3.05) is 36.4 Å². The van der Waals surface area contributed by atoms with E-state index in [1.807, 2.05) is 13.0 Å². The number of nitrogens with two attached hydrogens (primary N) is 1. The zero-order valence-corrected chi connectivity index (χ0v) is 11.3. The molecule has 5 heteroatoms. The summed E-state index contributed by atoms with van der Waals surface area (Å²) in [5.41, 5.74) is 5.61. The van der Waals surface area contributed by atoms with Crippen molar-refractivity contribution in [3.63, 3.8) is 0 Å². The van der Waals surface area contributed by atoms with Gasteiger partial charge in [0.25, 0.3) is 0 Å². The fraction of sp³-hybridized carbons (Fsp3) is 0.692. The van der Waals surface area contributed by atoms with Crippen molar-refractivity contribution in [1.82, 2.24) is 9.97 Å². The molecule has 1 aliphatic rings. The molecule has 3 N–H and O–H groups in total. The fourth-order valence-corrected chi connectivity index (χ4v) is 2.11. The Labute approximate surface area is 109 Å². The van der Waals surface area contributed by atoms with Crippen LogP contribution in [0.4, 0.5) is 11.6 Å². The van der Waals surface area contributed by atoms with Gasteiger partial charge in [-0.15, -0.1) is 0 Å². The Balaban J connectivity index is 2.06. The van der Waals surface area contributed by atoms with Crippen molar-refractivity contribution < 1.29 is 0 Å². The molecule has 1 atom stereocenters. The molecule has 18 heavy (non-hydrogen) atoms. The van der Waals surface area contributed by atoms with Crippen LogP contribution in [0.15, 0.2) is 6.07 Å². The van der Waals surface area contributed by atoms with E-state index >= 15 is 0 Å². The molecule has 0 saturated carbocycles. The first-order chi connectivity index (χ1) is 8.69. The summed E-state index contributed by atoms with van der Waals surface area (Å²) < 4.78 is 0. The number of hydrogen-bond donors (Lipinski definition) is 2. The van der Waals surface area contributed by atoms with Gasteiger partial charge in [0.2, 0.25) is 0 Å². The van der Waals surface area contributed by atoms with Gasteiger partial charge in [-0.05, 0) is 32.2 Å². The highest BCUT2D eigenvalue weighted by atomic mass is 15.2. The highest BCUT2D eigenvalue weighted by molar-refractivity contribution is 5.49. The third-order valence-electron chi connectivity index (χ3n) is 3.29. The van der Waals surface area contributed by atoms with E-state index in [0.29, 0.717) is 12.5 Å². The molecular weight excluding hydrogens is 226 g/mol. The van der Waals surface area contributed by atoms with Crippen molar-refractivity contribution in [2.45, 2.75) is 26.7 Å². The van der Waals surface area contributed by atoms with Crippen LogP contribution in [0, 0.1) is 12.8 Å². The first kappa shape index (κ1) is 13.1. The van der Waals surface area contributed by atoms with Crippen LogP contribution >= 0.6 is 0 Å². The van der Waals surface area contributed by atoms with Crippen molar-refractivity contribution >= 4 is 11.6 Å². The van der Waals surface area contributed by atoms with Crippen LogP contribution in [0.25, 0.3) is 0 Å². The predicted octanol–water partition coefficient (Wildman–Crippen LogP) is 1.39. The maximum Gasteiger partial charge on any atom is 0.134 e. The summed E-state index contributed by atoms with van der Waals surface area (Å²) >= 11 is 0. The second-order valence-electron chi connectivity index (χ2n) is 5.07. The topological polar surface area (TPSA) is 67.1 Å². The lowest BCUT2D eigenvalue weighted by Crippen LogP contribution is -2.22. The first-order valence-corrected chi connectivity index (χ1v) is 6.73. The predicted molar refractivity (Wildman–Crippen MR) is 74.9 cm³/mol. The molecule has 100 valence electrons. The van der Waals surface area contributed by atoms with Crippen LogP contribution in [0.2, 0.25) is 0 Å². The van der Waals surface area contributed by atoms with E-state index in [9.17, 15) is 0 Å². The van der Waals surface area contributed by atoms with Gasteiger partial charge in [0.05, 0.1) is 0 Å². The summed E-state index contributed by atoms with van der Waals surface area (Å²) in [7, 11) is 0. The Kier molecular flexibility index (Phi) is 4.36. The zero-order valence-electron chi connectivity index (χ0n) is 11.3. The Morgan fingerprint density at radius 1 is 1.39 bits per heavy atom. The first-order valence-electron chi connectivity index (χ1n) is 6.73. The lowest BCUT2D eigenvalue weighted by molar-refractivity contribution is 0.626. The number of rotatable bonds is 5. The quantitative estimate of drug-likeness (QED) is 0.825. The summed E-state index contributed by atoms with van der Waals surface area (Å²) in [5, 5.41) is 3.34. The van der Waals surface area contributed by atoms with Crippen LogP contribution in [-0.4, -0.2) is 36.1 Å². The van der Waals surface area contributed by atoms with Gasteiger partial charge in [0.1, 0.15) is 17.5 Å². The van der Waals surface area contributed by atoms with Crippen molar-refractivity contribution in [2.24, 2.45) is 11.7 Å². The second-order valence-corrected chi connectivity index (χ2v) is 5.07. The summed E-state index contributed by atoms with van der Waals surface area (Å²) in [4.78, 5) is 11.3. The summed E-state index contributed by atoms with van der Waals surface area (Å²) in [5.74, 6) is 3.23. The highest BCUT2D eigenvalue weighted by Gasteiger charge is 2.15. The van der Waals surface area contributed by atoms with E-state index in [0.717, 1.165) is 37.1 Å². The smallest absolute Gasteiger partial charge is 0.134 e. The molecule has 0 bridgehead atoms. The highest BCUT2D eigenvalue weighted by Crippen LogP contribution is 2.20. The second kappa shape index (κ2) is 6.00. The minimum atomic E-state index is 0.454. The van der Waals surface area contributed by atoms with Crippen molar-refractivity contribution in [1.29, 1.82) is 0 Å². The SMILES string of the molecule is Cc1nc(NCC(C)CN)cc(N2CCCC2)n1. The van der Waals surface area contributed by atoms with E-state index in [4.69, 9.17) is 5.73 Å². The molecule has 5 nitrogen and oxygen atoms in total. The van der Waals surface area contributed by atoms with Gasteiger partial charge in [-0.2, -0.15) is 0 Å². The Morgan fingerprint density at radius 3 is 2.78 bits per heavy atom. The van der Waals surface area contributed by atoms with Crippen LogP contribution in [0.1, 0.15) is 25.6 Å². The van der Waals surface area contributed by atoms with Crippen LogP contribution in [0.3, 0.4) is 0 Å². The van der Waals surface area contributed by atoms with Crippen molar-refractivity contribution in [3.8, 4) is 0 Å². The number of nitrogens with zero attached hydrogens (tertiary/aromatic N) is 3. The minimum absolute atomic E-state index is 0.454. The number of nitrogens with one attached hydrogen (secondary N) is 1. The van der Waals surface area contributed by atoms with E-state index in [1.165, 1.54) is 12.8 Å². The van der Waals surface area contributed by atoms with Gasteiger partial charge < -0.3 is 16.0 Å². The molecule has 1 unspecified atom stereocenters. The summed E-state index contributed by atoms with van der Waals surface area (Å²) in [6, 6.07) is 2.04. The van der Waals surface area contributed by atoms with Gasteiger partial charge in [-0.1, -0.05) is 6.92 Å². The van der Waals surface area contributed by atoms with E-state index < -0.39 is 0 Å². The van der Waals surface area contributed by atoms with Crippen LogP contribution < -0.4 is 16.0 Å². The molecule has 2 rings (SSSR count). The van der Waals surface area contributed by atoms with Crippen molar-refractivity contribution in [3.05, 3.63) is 11.9 Å². The molecule has 1 aliphatic heterocycles. The molecule has 1 fully saturated rings. The Hall–Kier alpha value is -1.36. The van der Waals surface area contributed by atoms with Crippen LogP contribution in [-0.2, 0) is 0 Å². The monoisotopic (exact) mass is 249 g/mol. The molecule has 1 aromatic heterocycles.